The Hall–Kier alpha value is -2.00. The number of hydrogen-bond acceptors (Lipinski definition) is 7. The van der Waals surface area contributed by atoms with Crippen molar-refractivity contribution in [3.8, 4) is 0 Å². The molecule has 10 nitrogen and oxygen atoms in total. The van der Waals surface area contributed by atoms with Crippen LogP contribution >= 0.6 is 0 Å². The molecule has 0 heterocycles. The summed E-state index contributed by atoms with van der Waals surface area (Å²) >= 11 is 0. The standard InChI is InChI=1S/C14H28N3O7/c1-5-7-9-13(3,11-15(18)19)23-17(22)24-14(4,10-8-6-2)12-16(20)21/h5-12H2,1-4H3/q+1. The van der Waals surface area contributed by atoms with Gasteiger partial charge in [-0.2, -0.15) is 9.68 Å². The van der Waals surface area contributed by atoms with Crippen LogP contribution in [0.15, 0.2) is 0 Å². The van der Waals surface area contributed by atoms with E-state index in [0.717, 1.165) is 12.8 Å². The topological polar surface area (TPSA) is 125 Å². The van der Waals surface area contributed by atoms with Crippen LogP contribution in [0.25, 0.3) is 0 Å². The molecular weight excluding hydrogens is 322 g/mol. The van der Waals surface area contributed by atoms with Crippen LogP contribution in [0, 0.1) is 25.1 Å². The fraction of sp³-hybridized carbons (Fsp3) is 1.00. The molecule has 0 saturated carbocycles. The molecule has 0 aliphatic heterocycles. The van der Waals surface area contributed by atoms with Gasteiger partial charge in [-0.15, -0.1) is 0 Å². The number of unbranched alkanes of at least 4 members (excludes halogenated alkanes) is 2. The fourth-order valence-electron chi connectivity index (χ4n) is 2.33. The van der Waals surface area contributed by atoms with E-state index in [2.05, 4.69) is 0 Å². The van der Waals surface area contributed by atoms with Gasteiger partial charge in [0.05, 0.1) is 0 Å². The van der Waals surface area contributed by atoms with Crippen molar-refractivity contribution in [1.29, 1.82) is 0 Å². The average Bonchev–Trinajstić information content (AvgIpc) is 2.40. The van der Waals surface area contributed by atoms with E-state index in [9.17, 15) is 25.1 Å². The van der Waals surface area contributed by atoms with Crippen molar-refractivity contribution < 1.29 is 24.6 Å². The van der Waals surface area contributed by atoms with Crippen molar-refractivity contribution in [3.05, 3.63) is 25.1 Å². The van der Waals surface area contributed by atoms with Gasteiger partial charge in [-0.25, -0.2) is 0 Å². The SMILES string of the molecule is CCCCC(C)(C[N+](=O)[O-])O[N+](=O)OC(C)(CCCC)C[N+](=O)[O-]. The molecule has 0 saturated heterocycles. The Kier molecular flexibility index (Phi) is 9.16. The lowest BCUT2D eigenvalue weighted by molar-refractivity contribution is -1.01. The van der Waals surface area contributed by atoms with E-state index in [-0.39, 0.29) is 5.09 Å². The molecule has 0 amide bonds. The number of nitro groups is 2. The Balaban J connectivity index is 4.98. The normalized spacial score (nSPS) is 15.8. The van der Waals surface area contributed by atoms with E-state index in [0.29, 0.717) is 25.7 Å². The highest BCUT2D eigenvalue weighted by Gasteiger charge is 2.46. The van der Waals surface area contributed by atoms with Gasteiger partial charge in [0.2, 0.25) is 13.1 Å². The van der Waals surface area contributed by atoms with E-state index in [1.54, 1.807) is 0 Å². The molecule has 0 aromatic heterocycles. The molecule has 0 aromatic carbocycles. The van der Waals surface area contributed by atoms with Crippen LogP contribution in [-0.2, 0) is 9.68 Å². The van der Waals surface area contributed by atoms with Gasteiger partial charge in [-0.1, -0.05) is 26.7 Å². The van der Waals surface area contributed by atoms with Crippen LogP contribution in [0.2, 0.25) is 0 Å². The molecule has 0 bridgehead atoms. The number of hydrogen-bond donors (Lipinski definition) is 0. The summed E-state index contributed by atoms with van der Waals surface area (Å²) in [6, 6.07) is 0. The first kappa shape index (κ1) is 22.0. The van der Waals surface area contributed by atoms with Gasteiger partial charge < -0.3 is 0 Å². The lowest BCUT2D eigenvalue weighted by Gasteiger charge is -2.21. The first-order chi connectivity index (χ1) is 11.1. The third-order valence-electron chi connectivity index (χ3n) is 3.64. The summed E-state index contributed by atoms with van der Waals surface area (Å²) < 4.78 is 0. The third kappa shape index (κ3) is 9.21. The summed E-state index contributed by atoms with van der Waals surface area (Å²) in [6.45, 7) is 5.62. The summed E-state index contributed by atoms with van der Waals surface area (Å²) in [5.74, 6) is 0. The minimum Gasteiger partial charge on any atom is -0.264 e. The van der Waals surface area contributed by atoms with Crippen LogP contribution in [-0.4, -0.2) is 39.2 Å². The van der Waals surface area contributed by atoms with E-state index >= 15 is 0 Å². The van der Waals surface area contributed by atoms with E-state index in [1.165, 1.54) is 13.8 Å². The molecule has 2 atom stereocenters. The van der Waals surface area contributed by atoms with Crippen molar-refractivity contribution in [2.45, 2.75) is 77.4 Å². The molecule has 0 aliphatic carbocycles. The van der Waals surface area contributed by atoms with Crippen molar-refractivity contribution in [3.63, 3.8) is 0 Å². The number of nitrogens with zero attached hydrogens (tertiary/aromatic N) is 3. The van der Waals surface area contributed by atoms with Crippen molar-refractivity contribution in [1.82, 2.24) is 0 Å². The second kappa shape index (κ2) is 9.99. The van der Waals surface area contributed by atoms with Crippen LogP contribution < -0.4 is 0 Å². The molecule has 2 unspecified atom stereocenters. The number of rotatable bonds is 14. The highest BCUT2D eigenvalue weighted by Crippen LogP contribution is 2.24. The molecule has 0 fully saturated rings. The highest BCUT2D eigenvalue weighted by atomic mass is 17.0. The van der Waals surface area contributed by atoms with E-state index in [1.807, 2.05) is 13.8 Å². The second-order valence-corrected chi connectivity index (χ2v) is 6.49. The lowest BCUT2D eigenvalue weighted by Crippen LogP contribution is -2.45. The molecule has 0 radical (unpaired) electrons. The van der Waals surface area contributed by atoms with Crippen molar-refractivity contribution >= 4 is 0 Å². The minimum absolute atomic E-state index is 0.196. The third-order valence-corrected chi connectivity index (χ3v) is 3.64. The van der Waals surface area contributed by atoms with Gasteiger partial charge >= 0.3 is 5.09 Å². The van der Waals surface area contributed by atoms with Gasteiger partial charge in [-0.05, 0) is 26.7 Å². The Morgan fingerprint density at radius 2 is 1.12 bits per heavy atom. The van der Waals surface area contributed by atoms with Gasteiger partial charge in [-0.3, -0.25) is 20.2 Å². The largest absolute Gasteiger partial charge is 0.479 e. The van der Waals surface area contributed by atoms with E-state index < -0.39 is 34.1 Å². The molecule has 0 aliphatic rings. The lowest BCUT2D eigenvalue weighted by atomic mass is 9.99. The van der Waals surface area contributed by atoms with Gasteiger partial charge in [0.25, 0.3) is 11.2 Å². The van der Waals surface area contributed by atoms with Gasteiger partial charge in [0, 0.05) is 22.7 Å². The molecule has 0 spiro atoms. The first-order valence-corrected chi connectivity index (χ1v) is 8.15. The molecule has 24 heavy (non-hydrogen) atoms. The zero-order valence-electron chi connectivity index (χ0n) is 14.9. The maximum atomic E-state index is 12.0. The maximum Gasteiger partial charge on any atom is 0.479 e. The predicted molar refractivity (Wildman–Crippen MR) is 85.4 cm³/mol. The zero-order chi connectivity index (χ0) is 18.8. The maximum absolute atomic E-state index is 12.0. The summed E-state index contributed by atoms with van der Waals surface area (Å²) in [5.41, 5.74) is -2.66. The van der Waals surface area contributed by atoms with Crippen molar-refractivity contribution in [2.75, 3.05) is 13.1 Å². The molecule has 0 rings (SSSR count). The summed E-state index contributed by atoms with van der Waals surface area (Å²) in [4.78, 5) is 42.7. The quantitative estimate of drug-likeness (QED) is 0.348. The monoisotopic (exact) mass is 350 g/mol. The predicted octanol–water partition coefficient (Wildman–Crippen LogP) is 3.08. The molecule has 10 heteroatoms. The van der Waals surface area contributed by atoms with E-state index in [4.69, 9.17) is 9.68 Å². The Morgan fingerprint density at radius 1 is 0.792 bits per heavy atom. The Bertz CT molecular complexity index is 408. The van der Waals surface area contributed by atoms with Crippen LogP contribution in [0.4, 0.5) is 0 Å². The minimum atomic E-state index is -1.33. The van der Waals surface area contributed by atoms with Crippen molar-refractivity contribution in [2.24, 2.45) is 0 Å². The highest BCUT2D eigenvalue weighted by molar-refractivity contribution is 4.73. The van der Waals surface area contributed by atoms with Crippen LogP contribution in [0.3, 0.4) is 0 Å². The van der Waals surface area contributed by atoms with Gasteiger partial charge in [0.1, 0.15) is 4.91 Å². The first-order valence-electron chi connectivity index (χ1n) is 8.15. The molecule has 0 aromatic rings. The molecular formula is C14H28N3O7+. The zero-order valence-corrected chi connectivity index (χ0v) is 14.9. The molecule has 0 N–H and O–H groups in total. The summed E-state index contributed by atoms with van der Waals surface area (Å²) in [6.07, 6.45) is 3.44. The Morgan fingerprint density at radius 3 is 1.38 bits per heavy atom. The summed E-state index contributed by atoms with van der Waals surface area (Å²) in [5, 5.41) is 21.4. The molecule has 140 valence electrons. The van der Waals surface area contributed by atoms with Gasteiger partial charge in [0.15, 0.2) is 0 Å². The summed E-state index contributed by atoms with van der Waals surface area (Å²) in [7, 11) is 0. The average molecular weight is 350 g/mol. The smallest absolute Gasteiger partial charge is 0.264 e. The Labute approximate surface area is 141 Å². The van der Waals surface area contributed by atoms with Crippen LogP contribution in [0.1, 0.15) is 66.2 Å². The second-order valence-electron chi connectivity index (χ2n) is 6.49. The fourth-order valence-corrected chi connectivity index (χ4v) is 2.33. The van der Waals surface area contributed by atoms with Crippen LogP contribution in [0.5, 0.6) is 0 Å².